The lowest BCUT2D eigenvalue weighted by Crippen LogP contribution is -2.33. The van der Waals surface area contributed by atoms with E-state index in [2.05, 4.69) is 10.3 Å². The van der Waals surface area contributed by atoms with Crippen molar-refractivity contribution in [3.8, 4) is 0 Å². The van der Waals surface area contributed by atoms with E-state index < -0.39 is 0 Å². The predicted molar refractivity (Wildman–Crippen MR) is 90.4 cm³/mol. The van der Waals surface area contributed by atoms with Crippen LogP contribution in [0.5, 0.6) is 0 Å². The second kappa shape index (κ2) is 7.44. The van der Waals surface area contributed by atoms with E-state index in [1.54, 1.807) is 18.3 Å². The number of carbonyl (C=O) groups excluding carboxylic acids is 1. The molecule has 1 aliphatic rings. The molecule has 1 aliphatic carbocycles. The molecule has 23 heavy (non-hydrogen) atoms. The van der Waals surface area contributed by atoms with E-state index in [-0.39, 0.29) is 24.5 Å². The second-order valence-corrected chi connectivity index (χ2v) is 6.48. The number of aromatic nitrogens is 1. The molecule has 1 aromatic heterocycles. The maximum absolute atomic E-state index is 12.5. The van der Waals surface area contributed by atoms with Gasteiger partial charge in [0.05, 0.1) is 5.56 Å². The molecule has 0 bridgehead atoms. The maximum atomic E-state index is 12.5. The summed E-state index contributed by atoms with van der Waals surface area (Å²) in [6, 6.07) is 13.4. The van der Waals surface area contributed by atoms with E-state index >= 15 is 0 Å². The van der Waals surface area contributed by atoms with Gasteiger partial charge in [0.15, 0.2) is 0 Å². The molecule has 3 rings (SSSR count). The normalized spacial score (nSPS) is 19.7. The molecular weight excluding hydrogens is 308 g/mol. The minimum atomic E-state index is -0.134. The Morgan fingerprint density at radius 2 is 2.04 bits per heavy atom. The molecule has 2 atom stereocenters. The van der Waals surface area contributed by atoms with Crippen LogP contribution in [0.25, 0.3) is 0 Å². The van der Waals surface area contributed by atoms with Gasteiger partial charge in [0.1, 0.15) is 5.03 Å². The predicted octanol–water partition coefficient (Wildman–Crippen LogP) is 2.90. The second-order valence-electron chi connectivity index (χ2n) is 5.41. The highest BCUT2D eigenvalue weighted by atomic mass is 32.2. The first-order valence-electron chi connectivity index (χ1n) is 7.54. The Morgan fingerprint density at radius 1 is 1.22 bits per heavy atom. The average Bonchev–Trinajstić information content (AvgIpc) is 3.04. The number of benzene rings is 1. The van der Waals surface area contributed by atoms with Crippen LogP contribution < -0.4 is 5.32 Å². The van der Waals surface area contributed by atoms with E-state index in [0.717, 1.165) is 11.3 Å². The molecule has 5 heteroatoms. The molecule has 0 aliphatic heterocycles. The van der Waals surface area contributed by atoms with Gasteiger partial charge in [0, 0.05) is 29.7 Å². The number of aliphatic hydroxyl groups is 1. The Kier molecular flexibility index (Phi) is 5.10. The van der Waals surface area contributed by atoms with Gasteiger partial charge in [-0.25, -0.2) is 4.98 Å². The Labute approximate surface area is 139 Å². The lowest BCUT2D eigenvalue weighted by Gasteiger charge is -2.14. The number of pyridine rings is 1. The molecule has 0 saturated carbocycles. The molecule has 0 spiro atoms. The zero-order chi connectivity index (χ0) is 16.1. The molecular formula is C18H18N2O2S. The quantitative estimate of drug-likeness (QED) is 0.830. The van der Waals surface area contributed by atoms with E-state index in [9.17, 15) is 4.79 Å². The molecule has 4 nitrogen and oxygen atoms in total. The van der Waals surface area contributed by atoms with Crippen molar-refractivity contribution in [2.75, 3.05) is 6.61 Å². The van der Waals surface area contributed by atoms with Crippen molar-refractivity contribution in [1.29, 1.82) is 0 Å². The molecule has 2 aromatic rings. The fraction of sp³-hybridized carbons (Fsp3) is 0.222. The maximum Gasteiger partial charge on any atom is 0.254 e. The zero-order valence-corrected chi connectivity index (χ0v) is 13.4. The highest BCUT2D eigenvalue weighted by Gasteiger charge is 2.21. The Hall–Kier alpha value is -2.11. The van der Waals surface area contributed by atoms with Crippen LogP contribution in [0, 0.1) is 5.92 Å². The van der Waals surface area contributed by atoms with Gasteiger partial charge in [-0.2, -0.15) is 0 Å². The average molecular weight is 326 g/mol. The van der Waals surface area contributed by atoms with Crippen molar-refractivity contribution in [2.24, 2.45) is 5.92 Å². The smallest absolute Gasteiger partial charge is 0.254 e. The molecule has 1 aromatic carbocycles. The SMILES string of the molecule is O=C(N[C@@H]1C=C[C@H](CO)C1)c1cccnc1Sc1ccccc1. The lowest BCUT2D eigenvalue weighted by molar-refractivity contribution is 0.0937. The van der Waals surface area contributed by atoms with Gasteiger partial charge in [-0.15, -0.1) is 0 Å². The number of hydrogen-bond donors (Lipinski definition) is 2. The molecule has 0 unspecified atom stereocenters. The number of rotatable bonds is 5. The minimum absolute atomic E-state index is 0.0329. The Bertz CT molecular complexity index is 703. The van der Waals surface area contributed by atoms with Crippen LogP contribution in [-0.4, -0.2) is 28.6 Å². The van der Waals surface area contributed by atoms with Crippen LogP contribution in [0.2, 0.25) is 0 Å². The van der Waals surface area contributed by atoms with Crippen LogP contribution in [-0.2, 0) is 0 Å². The highest BCUT2D eigenvalue weighted by molar-refractivity contribution is 7.99. The van der Waals surface area contributed by atoms with E-state index in [0.29, 0.717) is 10.6 Å². The van der Waals surface area contributed by atoms with Gasteiger partial charge in [0.2, 0.25) is 0 Å². The highest BCUT2D eigenvalue weighted by Crippen LogP contribution is 2.28. The fourth-order valence-corrected chi connectivity index (χ4v) is 3.41. The number of nitrogens with zero attached hydrogens (tertiary/aromatic N) is 1. The molecule has 1 heterocycles. The van der Waals surface area contributed by atoms with E-state index in [1.165, 1.54) is 11.8 Å². The summed E-state index contributed by atoms with van der Waals surface area (Å²) in [5.74, 6) is -0.00265. The van der Waals surface area contributed by atoms with E-state index in [1.807, 2.05) is 42.5 Å². The van der Waals surface area contributed by atoms with Crippen LogP contribution in [0.1, 0.15) is 16.8 Å². The molecule has 0 radical (unpaired) electrons. The van der Waals surface area contributed by atoms with Gasteiger partial charge in [0.25, 0.3) is 5.91 Å². The first-order valence-corrected chi connectivity index (χ1v) is 8.36. The summed E-state index contributed by atoms with van der Waals surface area (Å²) in [4.78, 5) is 17.9. The zero-order valence-electron chi connectivity index (χ0n) is 12.6. The van der Waals surface area contributed by atoms with Crippen molar-refractivity contribution in [1.82, 2.24) is 10.3 Å². The number of aliphatic hydroxyl groups excluding tert-OH is 1. The summed E-state index contributed by atoms with van der Waals surface area (Å²) >= 11 is 1.48. The lowest BCUT2D eigenvalue weighted by atomic mass is 10.1. The van der Waals surface area contributed by atoms with Crippen LogP contribution in [0.15, 0.2) is 70.7 Å². The summed E-state index contributed by atoms with van der Waals surface area (Å²) in [6.45, 7) is 0.116. The third-order valence-electron chi connectivity index (χ3n) is 3.70. The van der Waals surface area contributed by atoms with Crippen molar-refractivity contribution in [3.05, 3.63) is 66.4 Å². The van der Waals surface area contributed by atoms with Gasteiger partial charge in [-0.05, 0) is 30.7 Å². The number of amides is 1. The van der Waals surface area contributed by atoms with Gasteiger partial charge in [-0.3, -0.25) is 4.79 Å². The van der Waals surface area contributed by atoms with Crippen molar-refractivity contribution in [3.63, 3.8) is 0 Å². The third-order valence-corrected chi connectivity index (χ3v) is 4.72. The molecule has 118 valence electrons. The number of nitrogens with one attached hydrogen (secondary N) is 1. The monoisotopic (exact) mass is 326 g/mol. The topological polar surface area (TPSA) is 62.2 Å². The van der Waals surface area contributed by atoms with Crippen molar-refractivity contribution >= 4 is 17.7 Å². The number of hydrogen-bond acceptors (Lipinski definition) is 4. The van der Waals surface area contributed by atoms with Gasteiger partial charge >= 0.3 is 0 Å². The van der Waals surface area contributed by atoms with E-state index in [4.69, 9.17) is 5.11 Å². The number of carbonyl (C=O) groups is 1. The third kappa shape index (κ3) is 4.00. The summed E-state index contributed by atoms with van der Waals surface area (Å²) < 4.78 is 0. The first-order chi connectivity index (χ1) is 11.3. The fourth-order valence-electron chi connectivity index (χ4n) is 2.51. The summed E-state index contributed by atoms with van der Waals surface area (Å²) in [5, 5.41) is 12.9. The van der Waals surface area contributed by atoms with Gasteiger partial charge < -0.3 is 10.4 Å². The van der Waals surface area contributed by atoms with Crippen LogP contribution in [0.3, 0.4) is 0 Å². The first kappa shape index (κ1) is 15.8. The molecule has 2 N–H and O–H groups in total. The Morgan fingerprint density at radius 3 is 2.78 bits per heavy atom. The molecule has 0 saturated heterocycles. The summed E-state index contributed by atoms with van der Waals surface area (Å²) in [7, 11) is 0. The molecule has 1 amide bonds. The van der Waals surface area contributed by atoms with Crippen LogP contribution in [0.4, 0.5) is 0 Å². The standard InChI is InChI=1S/C18H18N2O2S/c21-12-13-8-9-14(11-13)20-17(22)16-7-4-10-19-18(16)23-15-5-2-1-3-6-15/h1-10,13-14,21H,11-12H2,(H,20,22)/t13-,14+/m0/s1. The molecule has 0 fully saturated rings. The van der Waals surface area contributed by atoms with Crippen molar-refractivity contribution in [2.45, 2.75) is 22.4 Å². The van der Waals surface area contributed by atoms with Crippen molar-refractivity contribution < 1.29 is 9.90 Å². The summed E-state index contributed by atoms with van der Waals surface area (Å²) in [5.41, 5.74) is 0.571. The van der Waals surface area contributed by atoms with Gasteiger partial charge in [-0.1, -0.05) is 42.1 Å². The summed E-state index contributed by atoms with van der Waals surface area (Å²) in [6.07, 6.45) is 6.33. The minimum Gasteiger partial charge on any atom is -0.396 e. The Balaban J connectivity index is 1.72. The largest absolute Gasteiger partial charge is 0.396 e. The van der Waals surface area contributed by atoms with Crippen LogP contribution >= 0.6 is 11.8 Å².